The van der Waals surface area contributed by atoms with Crippen molar-refractivity contribution < 1.29 is 8.42 Å². The van der Waals surface area contributed by atoms with Gasteiger partial charge in [-0.15, -0.1) is 0 Å². The SMILES string of the molecule is CCCC(C#N)NS(=O)(=O)CCc1ccccc1. The van der Waals surface area contributed by atoms with Crippen LogP contribution < -0.4 is 4.72 Å². The zero-order valence-electron chi connectivity index (χ0n) is 10.5. The molecule has 0 aliphatic rings. The summed E-state index contributed by atoms with van der Waals surface area (Å²) in [5.41, 5.74) is 0.979. The fourth-order valence-electron chi connectivity index (χ4n) is 1.61. The van der Waals surface area contributed by atoms with Gasteiger partial charge in [0.05, 0.1) is 11.8 Å². The van der Waals surface area contributed by atoms with Crippen molar-refractivity contribution in [2.24, 2.45) is 0 Å². The van der Waals surface area contributed by atoms with Gasteiger partial charge in [0.2, 0.25) is 10.0 Å². The normalized spacial score (nSPS) is 12.9. The predicted octanol–water partition coefficient (Wildman–Crippen LogP) is 1.84. The highest BCUT2D eigenvalue weighted by Gasteiger charge is 2.16. The van der Waals surface area contributed by atoms with Crippen molar-refractivity contribution in [3.63, 3.8) is 0 Å². The fraction of sp³-hybridized carbons (Fsp3) is 0.462. The van der Waals surface area contributed by atoms with E-state index in [1.165, 1.54) is 0 Å². The number of hydrogen-bond acceptors (Lipinski definition) is 3. The van der Waals surface area contributed by atoms with E-state index in [1.807, 2.05) is 43.3 Å². The first kappa shape index (κ1) is 14.7. The average molecular weight is 266 g/mol. The minimum atomic E-state index is -3.39. The summed E-state index contributed by atoms with van der Waals surface area (Å²) in [4.78, 5) is 0. The molecule has 0 bridgehead atoms. The minimum Gasteiger partial charge on any atom is -0.212 e. The first-order valence-corrected chi connectivity index (χ1v) is 7.66. The van der Waals surface area contributed by atoms with Crippen LogP contribution in [0.4, 0.5) is 0 Å². The zero-order valence-corrected chi connectivity index (χ0v) is 11.3. The van der Waals surface area contributed by atoms with Gasteiger partial charge in [0.1, 0.15) is 6.04 Å². The lowest BCUT2D eigenvalue weighted by Crippen LogP contribution is -2.35. The third kappa shape index (κ3) is 5.30. The Kier molecular flexibility index (Phi) is 5.83. The topological polar surface area (TPSA) is 70.0 Å². The molecule has 1 aromatic rings. The van der Waals surface area contributed by atoms with Crippen molar-refractivity contribution >= 4 is 10.0 Å². The van der Waals surface area contributed by atoms with Crippen LogP contribution in [0, 0.1) is 11.3 Å². The molecule has 0 amide bonds. The van der Waals surface area contributed by atoms with Crippen LogP contribution in [0.15, 0.2) is 30.3 Å². The average Bonchev–Trinajstić information content (AvgIpc) is 2.37. The highest BCUT2D eigenvalue weighted by atomic mass is 32.2. The molecule has 1 atom stereocenters. The van der Waals surface area contributed by atoms with Gasteiger partial charge < -0.3 is 0 Å². The lowest BCUT2D eigenvalue weighted by atomic mass is 10.2. The predicted molar refractivity (Wildman–Crippen MR) is 71.4 cm³/mol. The summed E-state index contributed by atoms with van der Waals surface area (Å²) in [5.74, 6) is 0.0128. The van der Waals surface area contributed by atoms with Crippen LogP contribution >= 0.6 is 0 Å². The van der Waals surface area contributed by atoms with E-state index in [1.54, 1.807) is 0 Å². The fourth-order valence-corrected chi connectivity index (χ4v) is 2.84. The minimum absolute atomic E-state index is 0.0128. The molecule has 0 aromatic heterocycles. The van der Waals surface area contributed by atoms with Crippen LogP contribution in [0.3, 0.4) is 0 Å². The number of aryl methyl sites for hydroxylation is 1. The summed E-state index contributed by atoms with van der Waals surface area (Å²) in [6, 6.07) is 10.8. The van der Waals surface area contributed by atoms with Crippen LogP contribution in [0.5, 0.6) is 0 Å². The summed E-state index contributed by atoms with van der Waals surface area (Å²) < 4.78 is 26.0. The van der Waals surface area contributed by atoms with Crippen LogP contribution in [0.2, 0.25) is 0 Å². The van der Waals surface area contributed by atoms with Crippen LogP contribution in [0.1, 0.15) is 25.3 Å². The molecule has 1 unspecified atom stereocenters. The van der Waals surface area contributed by atoms with Gasteiger partial charge in [0, 0.05) is 0 Å². The summed E-state index contributed by atoms with van der Waals surface area (Å²) in [6.07, 6.45) is 1.78. The Balaban J connectivity index is 2.52. The smallest absolute Gasteiger partial charge is 0.212 e. The molecule has 0 radical (unpaired) electrons. The molecule has 1 N–H and O–H groups in total. The largest absolute Gasteiger partial charge is 0.213 e. The number of nitrogens with one attached hydrogen (secondary N) is 1. The van der Waals surface area contributed by atoms with E-state index in [0.717, 1.165) is 12.0 Å². The van der Waals surface area contributed by atoms with E-state index in [4.69, 9.17) is 5.26 Å². The second kappa shape index (κ2) is 7.14. The van der Waals surface area contributed by atoms with Gasteiger partial charge >= 0.3 is 0 Å². The monoisotopic (exact) mass is 266 g/mol. The van der Waals surface area contributed by atoms with Crippen molar-refractivity contribution in [3.05, 3.63) is 35.9 Å². The Morgan fingerprint density at radius 3 is 2.56 bits per heavy atom. The number of nitrogens with zero attached hydrogens (tertiary/aromatic N) is 1. The second-order valence-electron chi connectivity index (χ2n) is 4.14. The molecule has 0 saturated carbocycles. The molecule has 0 saturated heterocycles. The molecular weight excluding hydrogens is 248 g/mol. The zero-order chi connectivity index (χ0) is 13.4. The Morgan fingerprint density at radius 2 is 2.00 bits per heavy atom. The van der Waals surface area contributed by atoms with Gasteiger partial charge in [-0.3, -0.25) is 0 Å². The number of benzene rings is 1. The van der Waals surface area contributed by atoms with E-state index in [9.17, 15) is 8.42 Å². The Morgan fingerprint density at radius 1 is 1.33 bits per heavy atom. The quantitative estimate of drug-likeness (QED) is 0.818. The summed E-state index contributed by atoms with van der Waals surface area (Å²) >= 11 is 0. The molecule has 0 aliphatic carbocycles. The molecular formula is C13H18N2O2S. The summed E-state index contributed by atoms with van der Waals surface area (Å²) in [6.45, 7) is 1.92. The van der Waals surface area contributed by atoms with Crippen molar-refractivity contribution in [2.75, 3.05) is 5.75 Å². The van der Waals surface area contributed by atoms with E-state index >= 15 is 0 Å². The van der Waals surface area contributed by atoms with Gasteiger partial charge in [0.15, 0.2) is 0 Å². The third-order valence-corrected chi connectivity index (χ3v) is 3.94. The van der Waals surface area contributed by atoms with Gasteiger partial charge in [-0.2, -0.15) is 9.98 Å². The third-order valence-electron chi connectivity index (χ3n) is 2.56. The Hall–Kier alpha value is -1.38. The molecule has 18 heavy (non-hydrogen) atoms. The number of nitriles is 1. The van der Waals surface area contributed by atoms with Gasteiger partial charge in [-0.25, -0.2) is 8.42 Å². The molecule has 0 heterocycles. The Bertz CT molecular complexity index is 491. The van der Waals surface area contributed by atoms with Crippen molar-refractivity contribution in [1.29, 1.82) is 5.26 Å². The molecule has 5 heteroatoms. The van der Waals surface area contributed by atoms with E-state index < -0.39 is 16.1 Å². The number of hydrogen-bond donors (Lipinski definition) is 1. The van der Waals surface area contributed by atoms with Crippen LogP contribution in [0.25, 0.3) is 0 Å². The summed E-state index contributed by atoms with van der Waals surface area (Å²) in [7, 11) is -3.39. The first-order chi connectivity index (χ1) is 8.57. The molecule has 0 fully saturated rings. The van der Waals surface area contributed by atoms with Crippen LogP contribution in [-0.4, -0.2) is 20.2 Å². The number of rotatable bonds is 7. The molecule has 0 spiro atoms. The van der Waals surface area contributed by atoms with E-state index in [-0.39, 0.29) is 5.75 Å². The molecule has 0 aliphatic heterocycles. The Labute approximate surface area is 109 Å². The highest BCUT2D eigenvalue weighted by molar-refractivity contribution is 7.89. The molecule has 4 nitrogen and oxygen atoms in total. The highest BCUT2D eigenvalue weighted by Crippen LogP contribution is 2.03. The first-order valence-electron chi connectivity index (χ1n) is 6.01. The maximum atomic E-state index is 11.8. The second-order valence-corrected chi connectivity index (χ2v) is 6.02. The van der Waals surface area contributed by atoms with Crippen molar-refractivity contribution in [3.8, 4) is 6.07 Å². The molecule has 98 valence electrons. The molecule has 1 rings (SSSR count). The van der Waals surface area contributed by atoms with Gasteiger partial charge in [0.25, 0.3) is 0 Å². The maximum absolute atomic E-state index is 11.8. The van der Waals surface area contributed by atoms with Gasteiger partial charge in [-0.1, -0.05) is 43.7 Å². The standard InChI is InChI=1S/C13H18N2O2S/c1-2-6-13(11-14)15-18(16,17)10-9-12-7-4-3-5-8-12/h3-5,7-8,13,15H,2,6,9-10H2,1H3. The number of sulfonamides is 1. The molecule has 1 aromatic carbocycles. The van der Waals surface area contributed by atoms with Gasteiger partial charge in [-0.05, 0) is 18.4 Å². The maximum Gasteiger partial charge on any atom is 0.213 e. The lowest BCUT2D eigenvalue weighted by Gasteiger charge is -2.11. The lowest BCUT2D eigenvalue weighted by molar-refractivity contribution is 0.562. The van der Waals surface area contributed by atoms with E-state index in [2.05, 4.69) is 4.72 Å². The van der Waals surface area contributed by atoms with Crippen molar-refractivity contribution in [1.82, 2.24) is 4.72 Å². The van der Waals surface area contributed by atoms with Crippen LogP contribution in [-0.2, 0) is 16.4 Å². The van der Waals surface area contributed by atoms with Crippen molar-refractivity contribution in [2.45, 2.75) is 32.2 Å². The van der Waals surface area contributed by atoms with E-state index in [0.29, 0.717) is 12.8 Å². The summed E-state index contributed by atoms with van der Waals surface area (Å²) in [5, 5.41) is 8.83.